The van der Waals surface area contributed by atoms with Crippen LogP contribution in [0.4, 0.5) is 0 Å². The molecule has 0 aliphatic carbocycles. The van der Waals surface area contributed by atoms with Gasteiger partial charge in [-0.05, 0) is 6.07 Å². The van der Waals surface area contributed by atoms with Crippen molar-refractivity contribution in [3.05, 3.63) is 29.8 Å². The van der Waals surface area contributed by atoms with Crippen LogP contribution in [-0.2, 0) is 0 Å². The van der Waals surface area contributed by atoms with Crippen LogP contribution in [0.25, 0.3) is 0 Å². The first-order valence-electron chi connectivity index (χ1n) is 4.47. The summed E-state index contributed by atoms with van der Waals surface area (Å²) in [6.45, 7) is 4.94. The average Bonchev–Trinajstić information content (AvgIpc) is 2.13. The van der Waals surface area contributed by atoms with Crippen LogP contribution in [0.15, 0.2) is 24.3 Å². The summed E-state index contributed by atoms with van der Waals surface area (Å²) in [5.74, 6) is 0.932. The summed E-state index contributed by atoms with van der Waals surface area (Å²) in [4.78, 5) is 0. The molecule has 13 heavy (non-hydrogen) atoms. The number of rotatable bonds is 0. The summed E-state index contributed by atoms with van der Waals surface area (Å²) in [6.07, 6.45) is 0. The summed E-state index contributed by atoms with van der Waals surface area (Å²) in [5.41, 5.74) is 1.14. The van der Waals surface area contributed by atoms with Crippen molar-refractivity contribution in [1.82, 2.24) is 0 Å². The summed E-state index contributed by atoms with van der Waals surface area (Å²) < 4.78 is 5.62. The van der Waals surface area contributed by atoms with Gasteiger partial charge in [0.05, 0.1) is 12.0 Å². The topological polar surface area (TPSA) is 9.23 Å². The molecule has 1 aromatic carbocycles. The molecular weight excluding hydrogens is 184 g/mol. The molecule has 1 heterocycles. The van der Waals surface area contributed by atoms with Crippen molar-refractivity contribution in [2.75, 3.05) is 6.61 Å². The summed E-state index contributed by atoms with van der Waals surface area (Å²) in [6, 6.07) is 7.98. The molecule has 1 aliphatic rings. The third-order valence-electron chi connectivity index (χ3n) is 2.48. The maximum Gasteiger partial charge on any atom is 0.124 e. The van der Waals surface area contributed by atoms with E-state index in [1.165, 1.54) is 0 Å². The molecule has 0 spiro atoms. The normalized spacial score (nSPS) is 24.7. The fourth-order valence-electron chi connectivity index (χ4n) is 1.58. The fourth-order valence-corrected chi connectivity index (χ4v) is 1.82. The van der Waals surface area contributed by atoms with E-state index in [1.54, 1.807) is 0 Å². The Balaban J connectivity index is 2.45. The number of alkyl halides is 1. The van der Waals surface area contributed by atoms with Gasteiger partial charge in [0, 0.05) is 11.0 Å². The van der Waals surface area contributed by atoms with Crippen molar-refractivity contribution in [3.63, 3.8) is 0 Å². The van der Waals surface area contributed by atoms with E-state index in [0.29, 0.717) is 6.61 Å². The first-order valence-corrected chi connectivity index (χ1v) is 4.91. The SMILES string of the molecule is CC1(C)COc2ccccc2[C@H]1Cl. The first kappa shape index (κ1) is 8.89. The first-order chi connectivity index (χ1) is 6.11. The van der Waals surface area contributed by atoms with Gasteiger partial charge in [-0.25, -0.2) is 0 Å². The second-order valence-corrected chi connectivity index (χ2v) is 4.61. The second kappa shape index (κ2) is 2.91. The summed E-state index contributed by atoms with van der Waals surface area (Å²) >= 11 is 6.36. The van der Waals surface area contributed by atoms with Crippen LogP contribution in [0.1, 0.15) is 24.8 Å². The number of hydrogen-bond donors (Lipinski definition) is 0. The second-order valence-electron chi connectivity index (χ2n) is 4.18. The predicted molar refractivity (Wildman–Crippen MR) is 54.3 cm³/mol. The number of ether oxygens (including phenoxy) is 1. The number of fused-ring (bicyclic) bond motifs is 1. The monoisotopic (exact) mass is 196 g/mol. The van der Waals surface area contributed by atoms with E-state index in [2.05, 4.69) is 13.8 Å². The Morgan fingerprint density at radius 3 is 2.85 bits per heavy atom. The van der Waals surface area contributed by atoms with Crippen LogP contribution in [0.2, 0.25) is 0 Å². The van der Waals surface area contributed by atoms with E-state index < -0.39 is 0 Å². The van der Waals surface area contributed by atoms with E-state index in [1.807, 2.05) is 24.3 Å². The van der Waals surface area contributed by atoms with Crippen LogP contribution in [0.3, 0.4) is 0 Å². The molecule has 2 rings (SSSR count). The van der Waals surface area contributed by atoms with Gasteiger partial charge >= 0.3 is 0 Å². The minimum Gasteiger partial charge on any atom is -0.493 e. The average molecular weight is 197 g/mol. The zero-order valence-electron chi connectivity index (χ0n) is 7.88. The van der Waals surface area contributed by atoms with Crippen LogP contribution in [-0.4, -0.2) is 6.61 Å². The summed E-state index contributed by atoms with van der Waals surface area (Å²) in [5, 5.41) is 0.0532. The minimum atomic E-state index is 0.0237. The van der Waals surface area contributed by atoms with Crippen LogP contribution in [0, 0.1) is 5.41 Å². The van der Waals surface area contributed by atoms with E-state index in [9.17, 15) is 0 Å². The molecule has 0 bridgehead atoms. The maximum atomic E-state index is 6.36. The quantitative estimate of drug-likeness (QED) is 0.578. The Kier molecular flexibility index (Phi) is 1.99. The van der Waals surface area contributed by atoms with Crippen molar-refractivity contribution in [3.8, 4) is 5.75 Å². The molecular formula is C11H13ClO. The molecule has 2 heteroatoms. The van der Waals surface area contributed by atoms with Crippen molar-refractivity contribution in [1.29, 1.82) is 0 Å². The van der Waals surface area contributed by atoms with Crippen LogP contribution < -0.4 is 4.74 Å². The Morgan fingerprint density at radius 2 is 2.08 bits per heavy atom. The highest BCUT2D eigenvalue weighted by atomic mass is 35.5. The van der Waals surface area contributed by atoms with Gasteiger partial charge in [-0.1, -0.05) is 32.0 Å². The Labute approximate surface area is 83.7 Å². The molecule has 1 nitrogen and oxygen atoms in total. The lowest BCUT2D eigenvalue weighted by atomic mass is 9.84. The maximum absolute atomic E-state index is 6.36. The summed E-state index contributed by atoms with van der Waals surface area (Å²) in [7, 11) is 0. The lowest BCUT2D eigenvalue weighted by Gasteiger charge is -2.35. The predicted octanol–water partition coefficient (Wildman–Crippen LogP) is 3.39. The minimum absolute atomic E-state index is 0.0237. The van der Waals surface area contributed by atoms with Gasteiger partial charge in [-0.2, -0.15) is 0 Å². The van der Waals surface area contributed by atoms with Crippen molar-refractivity contribution < 1.29 is 4.74 Å². The molecule has 1 aromatic rings. The standard InChI is InChI=1S/C11H13ClO/c1-11(2)7-13-9-6-4-3-5-8(9)10(11)12/h3-6,10H,7H2,1-2H3/t10-/m1/s1. The van der Waals surface area contributed by atoms with Gasteiger partial charge in [0.2, 0.25) is 0 Å². The number of halogens is 1. The zero-order chi connectivity index (χ0) is 9.47. The molecule has 0 aromatic heterocycles. The smallest absolute Gasteiger partial charge is 0.124 e. The van der Waals surface area contributed by atoms with Gasteiger partial charge in [0.15, 0.2) is 0 Å². The largest absolute Gasteiger partial charge is 0.493 e. The molecule has 0 N–H and O–H groups in total. The molecule has 70 valence electrons. The highest BCUT2D eigenvalue weighted by Crippen LogP contribution is 2.46. The van der Waals surface area contributed by atoms with Gasteiger partial charge in [0.1, 0.15) is 5.75 Å². The van der Waals surface area contributed by atoms with Gasteiger partial charge in [-0.15, -0.1) is 11.6 Å². The molecule has 0 radical (unpaired) electrons. The highest BCUT2D eigenvalue weighted by molar-refractivity contribution is 6.21. The van der Waals surface area contributed by atoms with Gasteiger partial charge < -0.3 is 4.74 Å². The molecule has 1 atom stereocenters. The van der Waals surface area contributed by atoms with Crippen LogP contribution >= 0.6 is 11.6 Å². The van der Waals surface area contributed by atoms with E-state index in [0.717, 1.165) is 11.3 Å². The molecule has 0 saturated carbocycles. The van der Waals surface area contributed by atoms with Gasteiger partial charge in [0.25, 0.3) is 0 Å². The van der Waals surface area contributed by atoms with Crippen molar-refractivity contribution in [2.45, 2.75) is 19.2 Å². The lowest BCUT2D eigenvalue weighted by Crippen LogP contribution is -2.30. The molecule has 0 unspecified atom stereocenters. The van der Waals surface area contributed by atoms with Crippen LogP contribution in [0.5, 0.6) is 5.75 Å². The Hall–Kier alpha value is -0.690. The number of hydrogen-bond acceptors (Lipinski definition) is 1. The number of benzene rings is 1. The zero-order valence-corrected chi connectivity index (χ0v) is 8.64. The van der Waals surface area contributed by atoms with Crippen molar-refractivity contribution >= 4 is 11.6 Å². The molecule has 1 aliphatic heterocycles. The third-order valence-corrected chi connectivity index (χ3v) is 3.30. The Bertz CT molecular complexity index is 320. The Morgan fingerprint density at radius 1 is 1.38 bits per heavy atom. The van der Waals surface area contributed by atoms with E-state index in [4.69, 9.17) is 16.3 Å². The molecule has 0 amide bonds. The van der Waals surface area contributed by atoms with Crippen molar-refractivity contribution in [2.24, 2.45) is 5.41 Å². The lowest BCUT2D eigenvalue weighted by molar-refractivity contribution is 0.149. The van der Waals surface area contributed by atoms with E-state index >= 15 is 0 Å². The van der Waals surface area contributed by atoms with E-state index in [-0.39, 0.29) is 10.8 Å². The fraction of sp³-hybridized carbons (Fsp3) is 0.455. The molecule has 0 fully saturated rings. The third kappa shape index (κ3) is 1.42. The van der Waals surface area contributed by atoms with Gasteiger partial charge in [-0.3, -0.25) is 0 Å². The number of para-hydroxylation sites is 1. The highest BCUT2D eigenvalue weighted by Gasteiger charge is 2.35. The molecule has 0 saturated heterocycles.